The molecular formula is C16H23NO. The largest absolute Gasteiger partial charge is 0.368 e. The van der Waals surface area contributed by atoms with Gasteiger partial charge in [-0.2, -0.15) is 0 Å². The molecule has 0 aliphatic heterocycles. The first-order chi connectivity index (χ1) is 8.63. The molecule has 1 aromatic carbocycles. The van der Waals surface area contributed by atoms with Gasteiger partial charge in [0.2, 0.25) is 0 Å². The summed E-state index contributed by atoms with van der Waals surface area (Å²) < 4.78 is 0. The third kappa shape index (κ3) is 2.92. The highest BCUT2D eigenvalue weighted by molar-refractivity contribution is 6.01. The number of Topliss-reactive ketones (excluding diaryl/α,β-unsaturated/α-hetero) is 1. The summed E-state index contributed by atoms with van der Waals surface area (Å²) in [6.45, 7) is 7.43. The van der Waals surface area contributed by atoms with Crippen LogP contribution in [0, 0.1) is 5.92 Å². The van der Waals surface area contributed by atoms with Crippen LogP contribution in [0.5, 0.6) is 0 Å². The maximum Gasteiger partial charge on any atom is 0.164 e. The van der Waals surface area contributed by atoms with Gasteiger partial charge in [0.15, 0.2) is 5.78 Å². The second kappa shape index (κ2) is 5.55. The zero-order chi connectivity index (χ0) is 13.1. The van der Waals surface area contributed by atoms with Crippen LogP contribution in [0.3, 0.4) is 0 Å². The van der Waals surface area contributed by atoms with Crippen molar-refractivity contribution in [2.24, 2.45) is 5.92 Å². The van der Waals surface area contributed by atoms with Gasteiger partial charge in [0.25, 0.3) is 0 Å². The maximum absolute atomic E-state index is 12.0. The molecule has 2 nitrogen and oxygen atoms in total. The molecule has 0 radical (unpaired) electrons. The Labute approximate surface area is 110 Å². The van der Waals surface area contributed by atoms with E-state index in [-0.39, 0.29) is 5.78 Å². The number of ketones is 1. The number of carbonyl (C=O) groups excluding carboxylic acids is 1. The predicted octanol–water partition coefficient (Wildman–Crippen LogP) is 3.90. The Morgan fingerprint density at radius 3 is 2.56 bits per heavy atom. The summed E-state index contributed by atoms with van der Waals surface area (Å²) in [4.78, 5) is 14.4. The predicted molar refractivity (Wildman–Crippen MR) is 76.3 cm³/mol. The molecule has 0 atom stereocenters. The minimum Gasteiger partial charge on any atom is -0.368 e. The van der Waals surface area contributed by atoms with E-state index in [9.17, 15) is 4.79 Å². The molecule has 2 rings (SSSR count). The number of anilines is 1. The third-order valence-electron chi connectivity index (χ3n) is 3.61. The van der Waals surface area contributed by atoms with E-state index in [1.807, 2.05) is 25.1 Å². The zero-order valence-corrected chi connectivity index (χ0v) is 11.6. The van der Waals surface area contributed by atoms with E-state index < -0.39 is 0 Å². The van der Waals surface area contributed by atoms with Crippen molar-refractivity contribution in [2.75, 3.05) is 11.4 Å². The molecule has 0 saturated heterocycles. The van der Waals surface area contributed by atoms with E-state index in [2.05, 4.69) is 24.8 Å². The molecule has 18 heavy (non-hydrogen) atoms. The number of hydrogen-bond donors (Lipinski definition) is 0. The fourth-order valence-corrected chi connectivity index (χ4v) is 2.32. The minimum atomic E-state index is 0.243. The Hall–Kier alpha value is -1.31. The topological polar surface area (TPSA) is 20.3 Å². The minimum absolute atomic E-state index is 0.243. The molecule has 0 unspecified atom stereocenters. The fourth-order valence-electron chi connectivity index (χ4n) is 2.32. The molecule has 0 aromatic heterocycles. The van der Waals surface area contributed by atoms with Crippen LogP contribution in [0.15, 0.2) is 24.3 Å². The second-order valence-corrected chi connectivity index (χ2v) is 5.48. The number of rotatable bonds is 6. The maximum atomic E-state index is 12.0. The molecule has 0 heterocycles. The van der Waals surface area contributed by atoms with Gasteiger partial charge in [0.1, 0.15) is 0 Å². The number of para-hydroxylation sites is 1. The molecule has 98 valence electrons. The lowest BCUT2D eigenvalue weighted by atomic mass is 10.0. The average Bonchev–Trinajstić information content (AvgIpc) is 3.18. The quantitative estimate of drug-likeness (QED) is 0.708. The third-order valence-corrected chi connectivity index (χ3v) is 3.61. The Morgan fingerprint density at radius 2 is 2.00 bits per heavy atom. The summed E-state index contributed by atoms with van der Waals surface area (Å²) in [6, 6.07) is 8.48. The van der Waals surface area contributed by atoms with Crippen LogP contribution in [-0.4, -0.2) is 18.4 Å². The monoisotopic (exact) mass is 245 g/mol. The van der Waals surface area contributed by atoms with Gasteiger partial charge in [-0.05, 0) is 44.7 Å². The van der Waals surface area contributed by atoms with E-state index in [0.717, 1.165) is 23.7 Å². The molecule has 0 spiro atoms. The SMILES string of the molecule is CCC(=O)c1ccccc1N(CC1CC1)C(C)C. The van der Waals surface area contributed by atoms with Gasteiger partial charge in [-0.15, -0.1) is 0 Å². The number of carbonyl (C=O) groups is 1. The average molecular weight is 245 g/mol. The lowest BCUT2D eigenvalue weighted by Gasteiger charge is -2.30. The molecule has 0 amide bonds. The van der Waals surface area contributed by atoms with Crippen LogP contribution in [-0.2, 0) is 0 Å². The molecular weight excluding hydrogens is 222 g/mol. The zero-order valence-electron chi connectivity index (χ0n) is 11.6. The highest BCUT2D eigenvalue weighted by Crippen LogP contribution is 2.33. The molecule has 0 N–H and O–H groups in total. The van der Waals surface area contributed by atoms with Crippen LogP contribution in [0.1, 0.15) is 50.4 Å². The summed E-state index contributed by atoms with van der Waals surface area (Å²) >= 11 is 0. The van der Waals surface area contributed by atoms with Gasteiger partial charge in [-0.3, -0.25) is 4.79 Å². The van der Waals surface area contributed by atoms with Crippen molar-refractivity contribution in [3.63, 3.8) is 0 Å². The van der Waals surface area contributed by atoms with Crippen molar-refractivity contribution in [3.8, 4) is 0 Å². The van der Waals surface area contributed by atoms with E-state index in [4.69, 9.17) is 0 Å². The number of benzene rings is 1. The van der Waals surface area contributed by atoms with Gasteiger partial charge in [-0.1, -0.05) is 19.1 Å². The van der Waals surface area contributed by atoms with Gasteiger partial charge in [-0.25, -0.2) is 0 Å². The molecule has 1 saturated carbocycles. The summed E-state index contributed by atoms with van der Waals surface area (Å²) in [6.07, 6.45) is 3.26. The number of nitrogens with zero attached hydrogens (tertiary/aromatic N) is 1. The van der Waals surface area contributed by atoms with Crippen molar-refractivity contribution in [1.82, 2.24) is 0 Å². The highest BCUT2D eigenvalue weighted by atomic mass is 16.1. The first-order valence-corrected chi connectivity index (χ1v) is 7.02. The molecule has 0 bridgehead atoms. The normalized spacial score (nSPS) is 14.9. The van der Waals surface area contributed by atoms with Gasteiger partial charge < -0.3 is 4.90 Å². The highest BCUT2D eigenvalue weighted by Gasteiger charge is 2.27. The Bertz CT molecular complexity index is 421. The Morgan fingerprint density at radius 1 is 1.33 bits per heavy atom. The molecule has 2 heteroatoms. The summed E-state index contributed by atoms with van der Waals surface area (Å²) in [5.41, 5.74) is 2.00. The van der Waals surface area contributed by atoms with Crippen LogP contribution < -0.4 is 4.90 Å². The van der Waals surface area contributed by atoms with Crippen molar-refractivity contribution in [2.45, 2.75) is 46.1 Å². The van der Waals surface area contributed by atoms with Gasteiger partial charge >= 0.3 is 0 Å². The van der Waals surface area contributed by atoms with Crippen LogP contribution in [0.2, 0.25) is 0 Å². The Kier molecular flexibility index (Phi) is 4.05. The van der Waals surface area contributed by atoms with E-state index in [0.29, 0.717) is 12.5 Å². The number of hydrogen-bond acceptors (Lipinski definition) is 2. The standard InChI is InChI=1S/C16H23NO/c1-4-16(18)14-7-5-6-8-15(14)17(12(2)3)11-13-9-10-13/h5-8,12-13H,4,9-11H2,1-3H3. The molecule has 1 aliphatic carbocycles. The smallest absolute Gasteiger partial charge is 0.164 e. The molecule has 1 aliphatic rings. The summed E-state index contributed by atoms with van der Waals surface area (Å²) in [5.74, 6) is 1.07. The first kappa shape index (κ1) is 13.1. The summed E-state index contributed by atoms with van der Waals surface area (Å²) in [5, 5.41) is 0. The van der Waals surface area contributed by atoms with E-state index >= 15 is 0 Å². The fraction of sp³-hybridized carbons (Fsp3) is 0.562. The van der Waals surface area contributed by atoms with Crippen molar-refractivity contribution in [1.29, 1.82) is 0 Å². The lowest BCUT2D eigenvalue weighted by Crippen LogP contribution is -2.33. The van der Waals surface area contributed by atoms with Crippen molar-refractivity contribution >= 4 is 11.5 Å². The van der Waals surface area contributed by atoms with E-state index in [1.165, 1.54) is 12.8 Å². The first-order valence-electron chi connectivity index (χ1n) is 7.02. The van der Waals surface area contributed by atoms with Gasteiger partial charge in [0, 0.05) is 30.3 Å². The second-order valence-electron chi connectivity index (χ2n) is 5.48. The van der Waals surface area contributed by atoms with Crippen molar-refractivity contribution in [3.05, 3.63) is 29.8 Å². The Balaban J connectivity index is 2.30. The lowest BCUT2D eigenvalue weighted by molar-refractivity contribution is 0.0988. The van der Waals surface area contributed by atoms with Crippen molar-refractivity contribution < 1.29 is 4.79 Å². The van der Waals surface area contributed by atoms with Crippen LogP contribution in [0.25, 0.3) is 0 Å². The molecule has 1 fully saturated rings. The van der Waals surface area contributed by atoms with Crippen LogP contribution in [0.4, 0.5) is 5.69 Å². The van der Waals surface area contributed by atoms with Gasteiger partial charge in [0.05, 0.1) is 0 Å². The van der Waals surface area contributed by atoms with Crippen LogP contribution >= 0.6 is 0 Å². The summed E-state index contributed by atoms with van der Waals surface area (Å²) in [7, 11) is 0. The molecule has 1 aromatic rings. The van der Waals surface area contributed by atoms with E-state index in [1.54, 1.807) is 0 Å².